The molecule has 1 unspecified atom stereocenters. The van der Waals surface area contributed by atoms with Crippen LogP contribution in [0.25, 0.3) is 11.1 Å². The lowest BCUT2D eigenvalue weighted by Gasteiger charge is -2.21. The van der Waals surface area contributed by atoms with Crippen LogP contribution < -0.4 is 10.6 Å². The summed E-state index contributed by atoms with van der Waals surface area (Å²) in [5.74, 6) is 0. The third kappa shape index (κ3) is 3.99. The maximum absolute atomic E-state index is 12.7. The van der Waals surface area contributed by atoms with Crippen LogP contribution in [0.15, 0.2) is 48.3 Å². The molecule has 24 heavy (non-hydrogen) atoms. The monoisotopic (exact) mass is 333 g/mol. The van der Waals surface area contributed by atoms with Crippen molar-refractivity contribution in [1.82, 2.24) is 10.6 Å². The number of nitrogens with one attached hydrogen (secondary N) is 2. The Morgan fingerprint density at radius 2 is 2.12 bits per heavy atom. The smallest absolute Gasteiger partial charge is 0.377 e. The lowest BCUT2D eigenvalue weighted by Crippen LogP contribution is -2.39. The van der Waals surface area contributed by atoms with E-state index in [0.29, 0.717) is 17.8 Å². The van der Waals surface area contributed by atoms with Gasteiger partial charge in [-0.3, -0.25) is 0 Å². The van der Waals surface area contributed by atoms with Gasteiger partial charge in [0, 0.05) is 12.7 Å². The van der Waals surface area contributed by atoms with Gasteiger partial charge in [0.15, 0.2) is 0 Å². The molecule has 0 aromatic heterocycles. The molecule has 0 spiro atoms. The molecule has 1 aliphatic rings. The van der Waals surface area contributed by atoms with Crippen LogP contribution in [-0.2, 0) is 0 Å². The van der Waals surface area contributed by atoms with Crippen LogP contribution in [-0.4, -0.2) is 18.8 Å². The van der Waals surface area contributed by atoms with Crippen molar-refractivity contribution < 1.29 is 13.2 Å². The van der Waals surface area contributed by atoms with E-state index in [4.69, 9.17) is 0 Å². The largest absolute Gasteiger partial charge is 0.412 e. The Morgan fingerprint density at radius 1 is 1.38 bits per heavy atom. The summed E-state index contributed by atoms with van der Waals surface area (Å²) in [6.45, 7) is 4.38. The van der Waals surface area contributed by atoms with Crippen LogP contribution >= 0.6 is 0 Å². The summed E-state index contributed by atoms with van der Waals surface area (Å²) in [5, 5.41) is 14.6. The third-order valence-corrected chi connectivity index (χ3v) is 3.71. The average molecular weight is 333 g/mol. The number of benzene rings is 1. The van der Waals surface area contributed by atoms with Crippen LogP contribution in [0.5, 0.6) is 0 Å². The van der Waals surface area contributed by atoms with Crippen molar-refractivity contribution in [3.63, 3.8) is 0 Å². The molecule has 0 radical (unpaired) electrons. The van der Waals surface area contributed by atoms with Gasteiger partial charge in [0.25, 0.3) is 0 Å². The van der Waals surface area contributed by atoms with Crippen molar-refractivity contribution >= 4 is 11.1 Å². The molecule has 0 fully saturated rings. The van der Waals surface area contributed by atoms with Gasteiger partial charge in [-0.25, -0.2) is 0 Å². The molecule has 6 heteroatoms. The summed E-state index contributed by atoms with van der Waals surface area (Å²) >= 11 is 0. The van der Waals surface area contributed by atoms with Crippen molar-refractivity contribution in [2.45, 2.75) is 26.1 Å². The van der Waals surface area contributed by atoms with E-state index in [2.05, 4.69) is 16.7 Å². The van der Waals surface area contributed by atoms with Gasteiger partial charge in [0.1, 0.15) is 17.8 Å². The molecule has 1 aromatic rings. The number of allylic oxidation sites excluding steroid dienone is 4. The maximum atomic E-state index is 12.7. The Morgan fingerprint density at radius 3 is 2.67 bits per heavy atom. The van der Waals surface area contributed by atoms with Gasteiger partial charge in [-0.1, -0.05) is 30.4 Å². The highest BCUT2D eigenvalue weighted by Crippen LogP contribution is 2.27. The fourth-order valence-corrected chi connectivity index (χ4v) is 2.38. The quantitative estimate of drug-likeness (QED) is 0.819. The van der Waals surface area contributed by atoms with E-state index >= 15 is 0 Å². The molecule has 0 amide bonds. The van der Waals surface area contributed by atoms with Gasteiger partial charge in [0.05, 0.1) is 0 Å². The molecule has 1 aliphatic heterocycles. The van der Waals surface area contributed by atoms with E-state index in [-0.39, 0.29) is 0 Å². The molecular formula is C18H18F3N3. The Hall–Kier alpha value is -2.68. The molecular weight excluding hydrogens is 315 g/mol. The van der Waals surface area contributed by atoms with Gasteiger partial charge in [0.2, 0.25) is 0 Å². The third-order valence-electron chi connectivity index (χ3n) is 3.71. The Labute approximate surface area is 139 Å². The van der Waals surface area contributed by atoms with Gasteiger partial charge in [-0.2, -0.15) is 18.4 Å². The van der Waals surface area contributed by atoms with Crippen LogP contribution in [0.4, 0.5) is 13.2 Å². The summed E-state index contributed by atoms with van der Waals surface area (Å²) in [6.07, 6.45) is -0.384. The highest BCUT2D eigenvalue weighted by molar-refractivity contribution is 5.78. The van der Waals surface area contributed by atoms with E-state index in [1.165, 1.54) is 12.3 Å². The Kier molecular flexibility index (Phi) is 5.35. The first-order chi connectivity index (χ1) is 11.4. The van der Waals surface area contributed by atoms with E-state index in [1.807, 2.05) is 38.1 Å². The highest BCUT2D eigenvalue weighted by Gasteiger charge is 2.38. The SMILES string of the molecule is CCN/C(C#N)=C(\C)c1cccc(C2=CNC(C(F)(F)F)C=C2)c1. The fraction of sp³-hybridized carbons (Fsp3) is 0.278. The second-order valence-corrected chi connectivity index (χ2v) is 5.37. The van der Waals surface area contributed by atoms with Crippen LogP contribution in [0.2, 0.25) is 0 Å². The molecule has 2 N–H and O–H groups in total. The zero-order valence-electron chi connectivity index (χ0n) is 13.4. The molecule has 2 rings (SSSR count). The first-order valence-corrected chi connectivity index (χ1v) is 7.53. The molecule has 1 aromatic carbocycles. The van der Waals surface area contributed by atoms with Crippen molar-refractivity contribution in [2.24, 2.45) is 0 Å². The summed E-state index contributed by atoms with van der Waals surface area (Å²) in [7, 11) is 0. The molecule has 0 bridgehead atoms. The molecule has 1 atom stereocenters. The van der Waals surface area contributed by atoms with Crippen molar-refractivity contribution in [3.8, 4) is 6.07 Å². The minimum Gasteiger partial charge on any atom is -0.377 e. The molecule has 0 saturated heterocycles. The van der Waals surface area contributed by atoms with E-state index < -0.39 is 12.2 Å². The van der Waals surface area contributed by atoms with E-state index in [0.717, 1.165) is 22.8 Å². The number of hydrogen-bond acceptors (Lipinski definition) is 3. The lowest BCUT2D eigenvalue weighted by atomic mass is 9.97. The summed E-state index contributed by atoms with van der Waals surface area (Å²) < 4.78 is 38.0. The normalized spacial score (nSPS) is 18.2. The Bertz CT molecular complexity index is 737. The number of nitrogens with zero attached hydrogens (tertiary/aromatic N) is 1. The molecule has 0 aliphatic carbocycles. The topological polar surface area (TPSA) is 47.9 Å². The molecule has 1 heterocycles. The number of nitriles is 1. The van der Waals surface area contributed by atoms with E-state index in [1.54, 1.807) is 0 Å². The summed E-state index contributed by atoms with van der Waals surface area (Å²) in [5.41, 5.74) is 3.56. The van der Waals surface area contributed by atoms with Crippen LogP contribution in [0.3, 0.4) is 0 Å². The molecule has 3 nitrogen and oxygen atoms in total. The highest BCUT2D eigenvalue weighted by atomic mass is 19.4. The lowest BCUT2D eigenvalue weighted by molar-refractivity contribution is -0.142. The first-order valence-electron chi connectivity index (χ1n) is 7.53. The van der Waals surface area contributed by atoms with Crippen molar-refractivity contribution in [2.75, 3.05) is 6.54 Å². The number of hydrogen-bond donors (Lipinski definition) is 2. The summed E-state index contributed by atoms with van der Waals surface area (Å²) in [4.78, 5) is 0. The number of rotatable bonds is 4. The van der Waals surface area contributed by atoms with Crippen molar-refractivity contribution in [1.29, 1.82) is 5.26 Å². The van der Waals surface area contributed by atoms with Gasteiger partial charge >= 0.3 is 6.18 Å². The molecule has 0 saturated carbocycles. The number of alkyl halides is 3. The minimum atomic E-state index is -4.31. The number of dihydropyridines is 1. The maximum Gasteiger partial charge on any atom is 0.412 e. The Balaban J connectivity index is 2.28. The second-order valence-electron chi connectivity index (χ2n) is 5.37. The van der Waals surface area contributed by atoms with Gasteiger partial charge in [-0.15, -0.1) is 0 Å². The zero-order chi connectivity index (χ0) is 17.7. The molecule has 126 valence electrons. The number of halogens is 3. The van der Waals surface area contributed by atoms with Crippen molar-refractivity contribution in [3.05, 3.63) is 59.4 Å². The average Bonchev–Trinajstić information content (AvgIpc) is 2.58. The van der Waals surface area contributed by atoms with E-state index in [9.17, 15) is 18.4 Å². The minimum absolute atomic E-state index is 0.484. The first kappa shape index (κ1) is 17.7. The zero-order valence-corrected chi connectivity index (χ0v) is 13.4. The van der Waals surface area contributed by atoms with Crippen LogP contribution in [0.1, 0.15) is 25.0 Å². The van der Waals surface area contributed by atoms with Crippen LogP contribution in [0, 0.1) is 11.3 Å². The predicted molar refractivity (Wildman–Crippen MR) is 88.4 cm³/mol. The fourth-order valence-electron chi connectivity index (χ4n) is 2.38. The summed E-state index contributed by atoms with van der Waals surface area (Å²) in [6, 6.07) is 7.83. The predicted octanol–water partition coefficient (Wildman–Crippen LogP) is 3.98. The van der Waals surface area contributed by atoms with Gasteiger partial charge in [-0.05, 0) is 42.2 Å². The standard InChI is InChI=1S/C18H18F3N3/c1-3-23-16(10-22)12(2)13-5-4-6-14(9-13)15-7-8-17(24-11-15)18(19,20)21/h4-9,11,17,23-24H,3H2,1-2H3/b16-12+. The second kappa shape index (κ2) is 7.26. The van der Waals surface area contributed by atoms with Gasteiger partial charge < -0.3 is 10.6 Å².